The zero-order chi connectivity index (χ0) is 12.6. The number of nitrogens with one attached hydrogen (secondary N) is 1. The molecule has 1 heterocycles. The summed E-state index contributed by atoms with van der Waals surface area (Å²) in [4.78, 5) is 11.7. The van der Waals surface area contributed by atoms with Crippen LogP contribution in [-0.2, 0) is 5.54 Å². The summed E-state index contributed by atoms with van der Waals surface area (Å²) < 4.78 is 14.4. The Balaban J connectivity index is 2.67. The first-order valence-corrected chi connectivity index (χ1v) is 5.12. The lowest BCUT2D eigenvalue weighted by molar-refractivity contribution is 0.501. The predicted molar refractivity (Wildman–Crippen MR) is 61.4 cm³/mol. The smallest absolute Gasteiger partial charge is 0.319 e. The van der Waals surface area contributed by atoms with E-state index in [0.717, 1.165) is 0 Å². The number of aromatic amines is 1. The van der Waals surface area contributed by atoms with Crippen molar-refractivity contribution in [2.75, 3.05) is 0 Å². The van der Waals surface area contributed by atoms with E-state index < -0.39 is 17.0 Å². The third kappa shape index (κ3) is 2.12. The van der Waals surface area contributed by atoms with Gasteiger partial charge in [0.15, 0.2) is 5.82 Å². The molecule has 0 bridgehead atoms. The number of aromatic nitrogens is 3. The second-order valence-electron chi connectivity index (χ2n) is 4.39. The fourth-order valence-electron chi connectivity index (χ4n) is 1.58. The second kappa shape index (κ2) is 3.81. The maximum Gasteiger partial charge on any atom is 0.347 e. The summed E-state index contributed by atoms with van der Waals surface area (Å²) in [5, 5.41) is 6.19. The quantitative estimate of drug-likeness (QED) is 0.813. The maximum absolute atomic E-state index is 13.1. The van der Waals surface area contributed by atoms with Crippen molar-refractivity contribution in [1.82, 2.24) is 14.8 Å². The van der Waals surface area contributed by atoms with E-state index >= 15 is 0 Å². The molecule has 0 unspecified atom stereocenters. The van der Waals surface area contributed by atoms with Crippen LogP contribution in [-0.4, -0.2) is 14.8 Å². The summed E-state index contributed by atoms with van der Waals surface area (Å²) in [6.07, 6.45) is 0. The first kappa shape index (κ1) is 11.5. The zero-order valence-electron chi connectivity index (χ0n) is 9.57. The van der Waals surface area contributed by atoms with Gasteiger partial charge in [0, 0.05) is 0 Å². The van der Waals surface area contributed by atoms with Crippen LogP contribution in [0.5, 0.6) is 0 Å². The minimum atomic E-state index is -0.800. The topological polar surface area (TPSA) is 76.7 Å². The number of hydrogen-bond acceptors (Lipinski definition) is 3. The Hall–Kier alpha value is -1.95. The number of H-pyrrole nitrogens is 1. The maximum atomic E-state index is 13.1. The number of rotatable bonds is 2. The molecule has 0 fully saturated rings. The molecule has 0 saturated heterocycles. The molecule has 3 N–H and O–H groups in total. The van der Waals surface area contributed by atoms with Crippen LogP contribution in [0.2, 0.25) is 0 Å². The van der Waals surface area contributed by atoms with Crippen LogP contribution in [0.1, 0.15) is 19.7 Å². The van der Waals surface area contributed by atoms with Crippen molar-refractivity contribution in [1.29, 1.82) is 0 Å². The molecule has 0 spiro atoms. The van der Waals surface area contributed by atoms with Gasteiger partial charge in [0.25, 0.3) is 0 Å². The monoisotopic (exact) mass is 236 g/mol. The average molecular weight is 236 g/mol. The fraction of sp³-hybridized carbons (Fsp3) is 0.273. The van der Waals surface area contributed by atoms with E-state index in [1.165, 1.54) is 22.8 Å². The third-order valence-corrected chi connectivity index (χ3v) is 2.32. The van der Waals surface area contributed by atoms with Crippen LogP contribution in [0, 0.1) is 5.82 Å². The van der Waals surface area contributed by atoms with Gasteiger partial charge >= 0.3 is 5.69 Å². The number of benzene rings is 1. The summed E-state index contributed by atoms with van der Waals surface area (Å²) in [6.45, 7) is 3.44. The lowest BCUT2D eigenvalue weighted by atomic mass is 10.1. The third-order valence-electron chi connectivity index (χ3n) is 2.32. The van der Waals surface area contributed by atoms with Crippen molar-refractivity contribution in [3.63, 3.8) is 0 Å². The molecule has 0 amide bonds. The highest BCUT2D eigenvalue weighted by atomic mass is 19.1. The van der Waals surface area contributed by atoms with Gasteiger partial charge in [-0.1, -0.05) is 6.07 Å². The second-order valence-corrected chi connectivity index (χ2v) is 4.39. The van der Waals surface area contributed by atoms with E-state index in [2.05, 4.69) is 10.2 Å². The Labute approximate surface area is 97.1 Å². The van der Waals surface area contributed by atoms with Crippen LogP contribution in [0.25, 0.3) is 5.69 Å². The summed E-state index contributed by atoms with van der Waals surface area (Å²) in [5.74, 6) is -0.0653. The van der Waals surface area contributed by atoms with Gasteiger partial charge in [0.2, 0.25) is 0 Å². The molecule has 1 aromatic carbocycles. The van der Waals surface area contributed by atoms with Gasteiger partial charge in [0.05, 0.1) is 11.2 Å². The Bertz CT molecular complexity index is 594. The Morgan fingerprint density at radius 2 is 2.18 bits per heavy atom. The van der Waals surface area contributed by atoms with E-state index in [4.69, 9.17) is 5.73 Å². The van der Waals surface area contributed by atoms with Crippen molar-refractivity contribution in [2.45, 2.75) is 19.4 Å². The van der Waals surface area contributed by atoms with Crippen molar-refractivity contribution >= 4 is 0 Å². The van der Waals surface area contributed by atoms with Gasteiger partial charge in [-0.3, -0.25) is 0 Å². The Kier molecular flexibility index (Phi) is 2.59. The lowest BCUT2D eigenvalue weighted by Gasteiger charge is -2.18. The SMILES string of the molecule is CC(C)(N)c1n[nH]c(=O)n1-c1cccc(F)c1. The molecule has 6 heteroatoms. The highest BCUT2D eigenvalue weighted by Gasteiger charge is 2.23. The summed E-state index contributed by atoms with van der Waals surface area (Å²) >= 11 is 0. The molecule has 0 saturated carbocycles. The lowest BCUT2D eigenvalue weighted by Crippen LogP contribution is -2.34. The van der Waals surface area contributed by atoms with E-state index in [1.807, 2.05) is 0 Å². The van der Waals surface area contributed by atoms with Crippen molar-refractivity contribution in [3.8, 4) is 5.69 Å². The molecular weight excluding hydrogens is 223 g/mol. The molecule has 0 aliphatic rings. The molecule has 0 atom stereocenters. The van der Waals surface area contributed by atoms with Gasteiger partial charge in [0.1, 0.15) is 5.82 Å². The Morgan fingerprint density at radius 1 is 1.47 bits per heavy atom. The van der Waals surface area contributed by atoms with Crippen LogP contribution in [0.4, 0.5) is 4.39 Å². The number of nitrogens with zero attached hydrogens (tertiary/aromatic N) is 2. The van der Waals surface area contributed by atoms with Gasteiger partial charge in [-0.25, -0.2) is 18.9 Å². The first-order valence-electron chi connectivity index (χ1n) is 5.12. The number of hydrogen-bond donors (Lipinski definition) is 2. The molecule has 0 aliphatic carbocycles. The normalized spacial score (nSPS) is 11.8. The van der Waals surface area contributed by atoms with Gasteiger partial charge in [-0.05, 0) is 32.0 Å². The molecule has 2 aromatic rings. The molecule has 90 valence electrons. The highest BCUT2D eigenvalue weighted by molar-refractivity contribution is 5.33. The summed E-state index contributed by atoms with van der Waals surface area (Å²) in [6, 6.07) is 5.71. The van der Waals surface area contributed by atoms with Crippen LogP contribution >= 0.6 is 0 Å². The number of halogens is 1. The molecule has 0 radical (unpaired) electrons. The van der Waals surface area contributed by atoms with Gasteiger partial charge < -0.3 is 5.73 Å². The molecule has 1 aromatic heterocycles. The zero-order valence-corrected chi connectivity index (χ0v) is 9.57. The van der Waals surface area contributed by atoms with Gasteiger partial charge in [-0.15, -0.1) is 0 Å². The fourth-order valence-corrected chi connectivity index (χ4v) is 1.58. The Morgan fingerprint density at radius 3 is 2.76 bits per heavy atom. The molecule has 0 aliphatic heterocycles. The molecule has 2 rings (SSSR count). The first-order chi connectivity index (χ1) is 7.89. The van der Waals surface area contributed by atoms with E-state index in [-0.39, 0.29) is 0 Å². The standard InChI is InChI=1S/C11H13FN4O/c1-11(2,13)9-14-15-10(17)16(9)8-5-3-4-7(12)6-8/h3-6H,13H2,1-2H3,(H,15,17). The van der Waals surface area contributed by atoms with Gasteiger partial charge in [-0.2, -0.15) is 5.10 Å². The average Bonchev–Trinajstić information content (AvgIpc) is 2.59. The summed E-state index contributed by atoms with van der Waals surface area (Å²) in [5.41, 5.74) is 5.07. The summed E-state index contributed by atoms with van der Waals surface area (Å²) in [7, 11) is 0. The van der Waals surface area contributed by atoms with E-state index in [1.54, 1.807) is 19.9 Å². The van der Waals surface area contributed by atoms with Crippen LogP contribution in [0.15, 0.2) is 29.1 Å². The van der Waals surface area contributed by atoms with Crippen LogP contribution < -0.4 is 11.4 Å². The largest absolute Gasteiger partial charge is 0.347 e. The molecule has 17 heavy (non-hydrogen) atoms. The van der Waals surface area contributed by atoms with E-state index in [9.17, 15) is 9.18 Å². The minimum Gasteiger partial charge on any atom is -0.319 e. The van der Waals surface area contributed by atoms with Crippen molar-refractivity contribution < 1.29 is 4.39 Å². The number of nitrogens with two attached hydrogens (primary N) is 1. The highest BCUT2D eigenvalue weighted by Crippen LogP contribution is 2.16. The van der Waals surface area contributed by atoms with E-state index in [0.29, 0.717) is 11.5 Å². The van der Waals surface area contributed by atoms with Crippen molar-refractivity contribution in [3.05, 3.63) is 46.4 Å². The van der Waals surface area contributed by atoms with Crippen LogP contribution in [0.3, 0.4) is 0 Å². The molecule has 5 nitrogen and oxygen atoms in total. The minimum absolute atomic E-state index is 0.355. The predicted octanol–water partition coefficient (Wildman–Crippen LogP) is 0.894. The van der Waals surface area contributed by atoms with Crippen molar-refractivity contribution in [2.24, 2.45) is 5.73 Å². The molecular formula is C11H13FN4O.